The first-order valence-electron chi connectivity index (χ1n) is 10.00. The average Bonchev–Trinajstić information content (AvgIpc) is 2.70. The first kappa shape index (κ1) is 22.6. The van der Waals surface area contributed by atoms with Crippen LogP contribution in [0.2, 0.25) is 0 Å². The van der Waals surface area contributed by atoms with Gasteiger partial charge in [0.15, 0.2) is 23.0 Å². The van der Waals surface area contributed by atoms with Crippen LogP contribution in [0.1, 0.15) is 49.6 Å². The van der Waals surface area contributed by atoms with Crippen molar-refractivity contribution in [2.24, 2.45) is 0 Å². The fourth-order valence-corrected chi connectivity index (χ4v) is 3.77. The molecule has 0 saturated heterocycles. The molecule has 0 bridgehead atoms. The highest BCUT2D eigenvalue weighted by Crippen LogP contribution is 2.44. The molecule has 31 heavy (non-hydrogen) atoms. The predicted octanol–water partition coefficient (Wildman–Crippen LogP) is 3.68. The summed E-state index contributed by atoms with van der Waals surface area (Å²) in [5.41, 5.74) is 1.10. The molecule has 168 valence electrons. The number of methoxy groups -OCH3 is 2. The van der Waals surface area contributed by atoms with E-state index < -0.39 is 23.8 Å². The van der Waals surface area contributed by atoms with Crippen molar-refractivity contribution in [1.29, 1.82) is 0 Å². The lowest BCUT2D eigenvalue weighted by molar-refractivity contribution is -0.0102. The Kier molecular flexibility index (Phi) is 6.22. The van der Waals surface area contributed by atoms with Gasteiger partial charge in [0, 0.05) is 6.54 Å². The van der Waals surface area contributed by atoms with Crippen LogP contribution in [0, 0.1) is 0 Å². The number of fused-ring (bicyclic) bond motifs is 1. The van der Waals surface area contributed by atoms with Gasteiger partial charge in [0.1, 0.15) is 11.7 Å². The van der Waals surface area contributed by atoms with E-state index in [0.29, 0.717) is 29.8 Å². The van der Waals surface area contributed by atoms with Gasteiger partial charge in [0.05, 0.1) is 20.3 Å². The highest BCUT2D eigenvalue weighted by Gasteiger charge is 2.39. The predicted molar refractivity (Wildman–Crippen MR) is 114 cm³/mol. The van der Waals surface area contributed by atoms with Crippen molar-refractivity contribution < 1.29 is 34.3 Å². The number of carbonyl (C=O) groups excluding carboxylic acids is 1. The smallest absolute Gasteiger partial charge is 0.410 e. The average molecular weight is 431 g/mol. The number of ether oxygens (including phenoxy) is 3. The van der Waals surface area contributed by atoms with Gasteiger partial charge in [-0.2, -0.15) is 0 Å². The lowest BCUT2D eigenvalue weighted by Gasteiger charge is -2.40. The number of benzene rings is 2. The number of aliphatic hydroxyl groups excluding tert-OH is 1. The second-order valence-electron chi connectivity index (χ2n) is 8.47. The molecule has 1 heterocycles. The molecule has 2 atom stereocenters. The number of rotatable bonds is 4. The molecular formula is C23H29NO7. The molecule has 0 aliphatic carbocycles. The van der Waals surface area contributed by atoms with Crippen LogP contribution in [-0.2, 0) is 11.2 Å². The second-order valence-corrected chi connectivity index (χ2v) is 8.47. The van der Waals surface area contributed by atoms with Crippen molar-refractivity contribution in [3.05, 3.63) is 47.0 Å². The fraction of sp³-hybridized carbons (Fsp3) is 0.435. The molecule has 1 aliphatic heterocycles. The van der Waals surface area contributed by atoms with Crippen LogP contribution in [0.5, 0.6) is 23.0 Å². The number of hydrogen-bond donors (Lipinski definition) is 3. The standard InChI is InChI=1S/C23H29NO7/c1-23(2,3)31-22(28)24-9-8-13-11-19(30-5)17(26)12-15(13)20(24)21(27)14-6-7-18(29-4)16(25)10-14/h6-7,10-12,20-21,25-27H,8-9H2,1-5H3. The molecule has 3 N–H and O–H groups in total. The number of phenols is 2. The second kappa shape index (κ2) is 8.55. The van der Waals surface area contributed by atoms with Gasteiger partial charge in [-0.25, -0.2) is 4.79 Å². The topological polar surface area (TPSA) is 109 Å². The zero-order valence-electron chi connectivity index (χ0n) is 18.4. The molecule has 2 aromatic carbocycles. The molecule has 0 spiro atoms. The molecule has 0 radical (unpaired) electrons. The Morgan fingerprint density at radius 2 is 1.71 bits per heavy atom. The molecule has 8 heteroatoms. The third-order valence-electron chi connectivity index (χ3n) is 5.19. The Morgan fingerprint density at radius 1 is 1.06 bits per heavy atom. The summed E-state index contributed by atoms with van der Waals surface area (Å²) in [4.78, 5) is 14.4. The minimum atomic E-state index is -1.20. The van der Waals surface area contributed by atoms with E-state index >= 15 is 0 Å². The maximum atomic E-state index is 13.0. The summed E-state index contributed by atoms with van der Waals surface area (Å²) < 4.78 is 15.8. The van der Waals surface area contributed by atoms with Gasteiger partial charge in [-0.1, -0.05) is 6.07 Å². The molecule has 8 nitrogen and oxygen atoms in total. The number of aromatic hydroxyl groups is 2. The Labute approximate surface area is 181 Å². The minimum Gasteiger partial charge on any atom is -0.504 e. The molecular weight excluding hydrogens is 402 g/mol. The SMILES string of the molecule is COc1ccc(C(O)C2c3cc(O)c(OC)cc3CCN2C(=O)OC(C)(C)C)cc1O. The number of phenolic OH excluding ortho intramolecular Hbond substituents is 2. The molecule has 3 rings (SSSR count). The third kappa shape index (κ3) is 4.64. The summed E-state index contributed by atoms with van der Waals surface area (Å²) in [5.74, 6) is 0.365. The zero-order valence-corrected chi connectivity index (χ0v) is 18.4. The van der Waals surface area contributed by atoms with E-state index in [-0.39, 0.29) is 17.2 Å². The van der Waals surface area contributed by atoms with E-state index in [1.54, 1.807) is 39.0 Å². The van der Waals surface area contributed by atoms with E-state index in [1.807, 2.05) is 0 Å². The Morgan fingerprint density at radius 3 is 2.29 bits per heavy atom. The first-order chi connectivity index (χ1) is 14.6. The Bertz CT molecular complexity index is 967. The number of aliphatic hydroxyl groups is 1. The highest BCUT2D eigenvalue weighted by molar-refractivity contribution is 5.70. The quantitative estimate of drug-likeness (QED) is 0.677. The molecule has 2 unspecified atom stereocenters. The largest absolute Gasteiger partial charge is 0.504 e. The Balaban J connectivity index is 2.08. The summed E-state index contributed by atoms with van der Waals surface area (Å²) in [6.45, 7) is 5.62. The van der Waals surface area contributed by atoms with E-state index in [4.69, 9.17) is 14.2 Å². The van der Waals surface area contributed by atoms with Crippen molar-refractivity contribution >= 4 is 6.09 Å². The first-order valence-corrected chi connectivity index (χ1v) is 10.00. The van der Waals surface area contributed by atoms with E-state index in [9.17, 15) is 20.1 Å². The number of nitrogens with zero attached hydrogens (tertiary/aromatic N) is 1. The molecule has 2 aromatic rings. The van der Waals surface area contributed by atoms with Crippen LogP contribution in [-0.4, -0.2) is 52.7 Å². The van der Waals surface area contributed by atoms with Crippen LogP contribution < -0.4 is 9.47 Å². The molecule has 0 aromatic heterocycles. The summed E-state index contributed by atoms with van der Waals surface area (Å²) in [6, 6.07) is 6.93. The van der Waals surface area contributed by atoms with Crippen molar-refractivity contribution in [2.45, 2.75) is 44.9 Å². The van der Waals surface area contributed by atoms with Gasteiger partial charge in [-0.3, -0.25) is 4.90 Å². The molecule has 1 amide bonds. The van der Waals surface area contributed by atoms with Crippen molar-refractivity contribution in [3.63, 3.8) is 0 Å². The van der Waals surface area contributed by atoms with Crippen molar-refractivity contribution in [1.82, 2.24) is 4.90 Å². The zero-order chi connectivity index (χ0) is 22.9. The highest BCUT2D eigenvalue weighted by atomic mass is 16.6. The monoisotopic (exact) mass is 431 g/mol. The van der Waals surface area contributed by atoms with Gasteiger partial charge in [0.2, 0.25) is 0 Å². The lowest BCUT2D eigenvalue weighted by Crippen LogP contribution is -2.45. The fourth-order valence-electron chi connectivity index (χ4n) is 3.77. The summed E-state index contributed by atoms with van der Waals surface area (Å²) in [6.07, 6.45) is -1.27. The maximum absolute atomic E-state index is 13.0. The van der Waals surface area contributed by atoms with Crippen LogP contribution in [0.15, 0.2) is 30.3 Å². The van der Waals surface area contributed by atoms with Crippen LogP contribution in [0.3, 0.4) is 0 Å². The molecule has 1 aliphatic rings. The van der Waals surface area contributed by atoms with Gasteiger partial charge in [0.25, 0.3) is 0 Å². The minimum absolute atomic E-state index is 0.0953. The number of carbonyl (C=O) groups is 1. The lowest BCUT2D eigenvalue weighted by atomic mass is 9.86. The van der Waals surface area contributed by atoms with Crippen LogP contribution >= 0.6 is 0 Å². The third-order valence-corrected chi connectivity index (χ3v) is 5.19. The van der Waals surface area contributed by atoms with Gasteiger partial charge >= 0.3 is 6.09 Å². The van der Waals surface area contributed by atoms with E-state index in [2.05, 4.69) is 0 Å². The number of hydrogen-bond acceptors (Lipinski definition) is 7. The van der Waals surface area contributed by atoms with Gasteiger partial charge < -0.3 is 29.5 Å². The summed E-state index contributed by atoms with van der Waals surface area (Å²) >= 11 is 0. The Hall–Kier alpha value is -3.13. The van der Waals surface area contributed by atoms with E-state index in [0.717, 1.165) is 5.56 Å². The molecule has 0 saturated carbocycles. The number of amides is 1. The van der Waals surface area contributed by atoms with E-state index in [1.165, 1.54) is 31.3 Å². The van der Waals surface area contributed by atoms with Crippen molar-refractivity contribution in [3.8, 4) is 23.0 Å². The maximum Gasteiger partial charge on any atom is 0.410 e. The molecule has 0 fully saturated rings. The summed E-state index contributed by atoms with van der Waals surface area (Å²) in [7, 11) is 2.90. The van der Waals surface area contributed by atoms with Gasteiger partial charge in [-0.05, 0) is 68.1 Å². The van der Waals surface area contributed by atoms with Gasteiger partial charge in [-0.15, -0.1) is 0 Å². The normalized spacial score (nSPS) is 17.0. The van der Waals surface area contributed by atoms with Crippen LogP contribution in [0.4, 0.5) is 4.79 Å². The van der Waals surface area contributed by atoms with Crippen molar-refractivity contribution in [2.75, 3.05) is 20.8 Å². The summed E-state index contributed by atoms with van der Waals surface area (Å²) in [5, 5.41) is 31.8. The van der Waals surface area contributed by atoms with Crippen LogP contribution in [0.25, 0.3) is 0 Å².